The van der Waals surface area contributed by atoms with Crippen LogP contribution in [-0.4, -0.2) is 22.6 Å². The number of nitrogens with zero attached hydrogens (tertiary/aromatic N) is 3. The fourth-order valence-corrected chi connectivity index (χ4v) is 2.82. The van der Waals surface area contributed by atoms with Crippen LogP contribution in [0.5, 0.6) is 0 Å². The summed E-state index contributed by atoms with van der Waals surface area (Å²) in [6, 6.07) is 0.519. The first kappa shape index (κ1) is 13.1. The van der Waals surface area contributed by atoms with Gasteiger partial charge in [-0.25, -0.2) is 9.97 Å². The molecule has 100 valence electrons. The Labute approximate surface area is 110 Å². The number of rotatable bonds is 2. The molecular weight excluding hydrogens is 224 g/mol. The SMILES string of the molecule is CC(C)c1c(N)ncnc1N1CCCC(C)C1C. The lowest BCUT2D eigenvalue weighted by molar-refractivity contribution is 0.360. The Bertz CT molecular complexity index is 416. The number of hydrogen-bond donors (Lipinski definition) is 1. The molecule has 1 aromatic heterocycles. The minimum atomic E-state index is 0.352. The van der Waals surface area contributed by atoms with Crippen LogP contribution in [0, 0.1) is 5.92 Å². The molecule has 4 nitrogen and oxygen atoms in total. The number of piperidine rings is 1. The molecule has 2 atom stereocenters. The van der Waals surface area contributed by atoms with Crippen LogP contribution in [0.15, 0.2) is 6.33 Å². The lowest BCUT2D eigenvalue weighted by atomic mass is 9.91. The van der Waals surface area contributed by atoms with Crippen molar-refractivity contribution in [3.05, 3.63) is 11.9 Å². The summed E-state index contributed by atoms with van der Waals surface area (Å²) in [7, 11) is 0. The Balaban J connectivity index is 2.41. The summed E-state index contributed by atoms with van der Waals surface area (Å²) in [5, 5.41) is 0. The smallest absolute Gasteiger partial charge is 0.137 e. The van der Waals surface area contributed by atoms with Crippen LogP contribution in [0.25, 0.3) is 0 Å². The average Bonchev–Trinajstić information content (AvgIpc) is 2.32. The van der Waals surface area contributed by atoms with Gasteiger partial charge in [-0.1, -0.05) is 20.8 Å². The van der Waals surface area contributed by atoms with Crippen LogP contribution in [0.3, 0.4) is 0 Å². The van der Waals surface area contributed by atoms with Crippen molar-refractivity contribution < 1.29 is 0 Å². The van der Waals surface area contributed by atoms with Crippen LogP contribution < -0.4 is 10.6 Å². The molecule has 1 fully saturated rings. The molecule has 2 rings (SSSR count). The third-order valence-corrected chi connectivity index (χ3v) is 4.12. The normalized spacial score (nSPS) is 24.6. The topological polar surface area (TPSA) is 55.0 Å². The van der Waals surface area contributed by atoms with E-state index in [0.29, 0.717) is 23.7 Å². The molecule has 0 bridgehead atoms. The van der Waals surface area contributed by atoms with Crippen molar-refractivity contribution in [2.75, 3.05) is 17.2 Å². The van der Waals surface area contributed by atoms with Gasteiger partial charge in [0.15, 0.2) is 0 Å². The van der Waals surface area contributed by atoms with Crippen molar-refractivity contribution in [3.63, 3.8) is 0 Å². The van der Waals surface area contributed by atoms with Gasteiger partial charge < -0.3 is 10.6 Å². The van der Waals surface area contributed by atoms with E-state index in [0.717, 1.165) is 17.9 Å². The number of hydrogen-bond acceptors (Lipinski definition) is 4. The van der Waals surface area contributed by atoms with Crippen LogP contribution in [-0.2, 0) is 0 Å². The molecule has 1 saturated heterocycles. The van der Waals surface area contributed by atoms with Gasteiger partial charge in [0.1, 0.15) is 18.0 Å². The largest absolute Gasteiger partial charge is 0.383 e. The third kappa shape index (κ3) is 2.28. The summed E-state index contributed by atoms with van der Waals surface area (Å²) in [5.74, 6) is 2.72. The summed E-state index contributed by atoms with van der Waals surface area (Å²) < 4.78 is 0. The highest BCUT2D eigenvalue weighted by molar-refractivity contribution is 5.58. The van der Waals surface area contributed by atoms with E-state index in [-0.39, 0.29) is 0 Å². The standard InChI is InChI=1S/C14H24N4/c1-9(2)12-13(15)16-8-17-14(12)18-7-5-6-10(3)11(18)4/h8-11H,5-7H2,1-4H3,(H2,15,16,17). The number of aromatic nitrogens is 2. The van der Waals surface area contributed by atoms with Crippen molar-refractivity contribution in [1.29, 1.82) is 0 Å². The van der Waals surface area contributed by atoms with Gasteiger partial charge in [-0.2, -0.15) is 0 Å². The molecule has 0 aromatic carbocycles. The maximum Gasteiger partial charge on any atom is 0.137 e. The van der Waals surface area contributed by atoms with Gasteiger partial charge in [-0.15, -0.1) is 0 Å². The molecule has 4 heteroatoms. The van der Waals surface area contributed by atoms with E-state index in [1.807, 2.05) is 0 Å². The predicted molar refractivity (Wildman–Crippen MR) is 75.7 cm³/mol. The van der Waals surface area contributed by atoms with Gasteiger partial charge in [-0.3, -0.25) is 0 Å². The number of anilines is 2. The van der Waals surface area contributed by atoms with Gasteiger partial charge in [0, 0.05) is 18.2 Å². The Kier molecular flexibility index (Phi) is 3.73. The molecule has 1 aliphatic heterocycles. The Morgan fingerprint density at radius 2 is 2.06 bits per heavy atom. The minimum absolute atomic E-state index is 0.352. The monoisotopic (exact) mass is 248 g/mol. The second kappa shape index (κ2) is 5.12. The lowest BCUT2D eigenvalue weighted by Gasteiger charge is -2.40. The van der Waals surface area contributed by atoms with Crippen molar-refractivity contribution in [2.45, 2.75) is 52.5 Å². The summed E-state index contributed by atoms with van der Waals surface area (Å²) in [4.78, 5) is 11.0. The highest BCUT2D eigenvalue weighted by Crippen LogP contribution is 2.34. The Morgan fingerprint density at radius 1 is 1.33 bits per heavy atom. The van der Waals surface area contributed by atoms with Crippen LogP contribution in [0.1, 0.15) is 52.0 Å². The fourth-order valence-electron chi connectivity index (χ4n) is 2.82. The first-order valence-electron chi connectivity index (χ1n) is 6.89. The molecule has 2 unspecified atom stereocenters. The minimum Gasteiger partial charge on any atom is -0.383 e. The lowest BCUT2D eigenvalue weighted by Crippen LogP contribution is -2.43. The zero-order valence-corrected chi connectivity index (χ0v) is 11.8. The number of nitrogen functional groups attached to an aromatic ring is 1. The summed E-state index contributed by atoms with van der Waals surface area (Å²) in [5.41, 5.74) is 7.13. The molecule has 2 N–H and O–H groups in total. The maximum absolute atomic E-state index is 6.03. The van der Waals surface area contributed by atoms with Crippen molar-refractivity contribution in [1.82, 2.24) is 9.97 Å². The second-order valence-electron chi connectivity index (χ2n) is 5.70. The zero-order valence-electron chi connectivity index (χ0n) is 11.8. The molecule has 1 aliphatic rings. The van der Waals surface area contributed by atoms with E-state index in [4.69, 9.17) is 5.73 Å². The Hall–Kier alpha value is -1.32. The van der Waals surface area contributed by atoms with E-state index in [1.54, 1.807) is 6.33 Å². The summed E-state index contributed by atoms with van der Waals surface area (Å²) in [6.07, 6.45) is 4.12. The van der Waals surface area contributed by atoms with Crippen LogP contribution in [0.2, 0.25) is 0 Å². The molecule has 0 saturated carbocycles. The molecule has 0 radical (unpaired) electrons. The highest BCUT2D eigenvalue weighted by atomic mass is 15.2. The van der Waals surface area contributed by atoms with Crippen LogP contribution >= 0.6 is 0 Å². The zero-order chi connectivity index (χ0) is 13.3. The fraction of sp³-hybridized carbons (Fsp3) is 0.714. The summed E-state index contributed by atoms with van der Waals surface area (Å²) in [6.45, 7) is 9.97. The highest BCUT2D eigenvalue weighted by Gasteiger charge is 2.28. The third-order valence-electron chi connectivity index (χ3n) is 4.12. The molecule has 0 spiro atoms. The van der Waals surface area contributed by atoms with E-state index in [1.165, 1.54) is 12.8 Å². The molecular formula is C14H24N4. The van der Waals surface area contributed by atoms with E-state index < -0.39 is 0 Å². The molecule has 0 amide bonds. The maximum atomic E-state index is 6.03. The van der Waals surface area contributed by atoms with E-state index in [9.17, 15) is 0 Å². The van der Waals surface area contributed by atoms with Gasteiger partial charge in [0.2, 0.25) is 0 Å². The van der Waals surface area contributed by atoms with Gasteiger partial charge >= 0.3 is 0 Å². The quantitative estimate of drug-likeness (QED) is 0.874. The van der Waals surface area contributed by atoms with E-state index >= 15 is 0 Å². The van der Waals surface area contributed by atoms with Crippen molar-refractivity contribution >= 4 is 11.6 Å². The predicted octanol–water partition coefficient (Wildman–Crippen LogP) is 2.81. The molecule has 18 heavy (non-hydrogen) atoms. The van der Waals surface area contributed by atoms with Gasteiger partial charge in [-0.05, 0) is 31.6 Å². The van der Waals surface area contributed by atoms with Crippen molar-refractivity contribution in [2.24, 2.45) is 5.92 Å². The first-order chi connectivity index (χ1) is 8.52. The molecule has 0 aliphatic carbocycles. The van der Waals surface area contributed by atoms with Gasteiger partial charge in [0.05, 0.1) is 0 Å². The average molecular weight is 248 g/mol. The van der Waals surface area contributed by atoms with E-state index in [2.05, 4.69) is 42.6 Å². The Morgan fingerprint density at radius 3 is 2.72 bits per heavy atom. The second-order valence-corrected chi connectivity index (χ2v) is 5.70. The molecule has 2 heterocycles. The first-order valence-corrected chi connectivity index (χ1v) is 6.89. The van der Waals surface area contributed by atoms with Crippen molar-refractivity contribution in [3.8, 4) is 0 Å². The molecule has 1 aromatic rings. The number of nitrogens with two attached hydrogens (primary N) is 1. The van der Waals surface area contributed by atoms with Crippen LogP contribution in [0.4, 0.5) is 11.6 Å². The summed E-state index contributed by atoms with van der Waals surface area (Å²) >= 11 is 0. The van der Waals surface area contributed by atoms with Gasteiger partial charge in [0.25, 0.3) is 0 Å².